The first-order valence-corrected chi connectivity index (χ1v) is 7.01. The number of nitrogens with zero attached hydrogens (tertiary/aromatic N) is 1. The third kappa shape index (κ3) is 3.16. The van der Waals surface area contributed by atoms with Gasteiger partial charge in [-0.3, -0.25) is 4.90 Å². The van der Waals surface area contributed by atoms with Gasteiger partial charge in [0.2, 0.25) is 0 Å². The van der Waals surface area contributed by atoms with Crippen LogP contribution in [0.3, 0.4) is 0 Å². The van der Waals surface area contributed by atoms with Crippen molar-refractivity contribution in [2.24, 2.45) is 0 Å². The van der Waals surface area contributed by atoms with Crippen LogP contribution in [0, 0.1) is 11.6 Å². The lowest BCUT2D eigenvalue weighted by atomic mass is 9.99. The molecule has 0 amide bonds. The van der Waals surface area contributed by atoms with Gasteiger partial charge in [0, 0.05) is 24.7 Å². The van der Waals surface area contributed by atoms with Crippen LogP contribution in [0.2, 0.25) is 0 Å². The average molecular weight is 284 g/mol. The predicted molar refractivity (Wildman–Crippen MR) is 74.6 cm³/mol. The minimum Gasteiger partial charge on any atom is -0.374 e. The van der Waals surface area contributed by atoms with E-state index < -0.39 is 11.6 Å². The molecule has 1 aliphatic heterocycles. The molecule has 2 rings (SSSR count). The zero-order chi connectivity index (χ0) is 14.7. The first-order valence-electron chi connectivity index (χ1n) is 7.01. The number of halogens is 2. The fourth-order valence-electron chi connectivity index (χ4n) is 2.67. The van der Waals surface area contributed by atoms with E-state index in [1.54, 1.807) is 13.1 Å². The maximum Gasteiger partial charge on any atom is 0.163 e. The molecule has 1 aromatic rings. The molecule has 0 spiro atoms. The normalized spacial score (nSPS) is 22.2. The van der Waals surface area contributed by atoms with Crippen LogP contribution in [-0.4, -0.2) is 43.8 Å². The minimum atomic E-state index is -0.820. The lowest BCUT2D eigenvalue weighted by Gasteiger charge is -2.39. The van der Waals surface area contributed by atoms with Crippen molar-refractivity contribution in [3.63, 3.8) is 0 Å². The monoisotopic (exact) mass is 284 g/mol. The molecule has 1 aliphatic rings. The van der Waals surface area contributed by atoms with Gasteiger partial charge in [-0.05, 0) is 27.0 Å². The van der Waals surface area contributed by atoms with E-state index in [-0.39, 0.29) is 12.1 Å². The van der Waals surface area contributed by atoms with E-state index in [1.807, 2.05) is 0 Å². The Hall–Kier alpha value is -1.04. The van der Waals surface area contributed by atoms with Crippen molar-refractivity contribution in [2.75, 3.05) is 26.7 Å². The predicted octanol–water partition coefficient (Wildman–Crippen LogP) is 2.33. The van der Waals surface area contributed by atoms with Crippen molar-refractivity contribution in [2.45, 2.75) is 32.0 Å². The second-order valence-electron chi connectivity index (χ2n) is 5.41. The highest BCUT2D eigenvalue weighted by Gasteiger charge is 2.31. The van der Waals surface area contributed by atoms with Gasteiger partial charge in [0.1, 0.15) is 0 Å². The van der Waals surface area contributed by atoms with Crippen molar-refractivity contribution < 1.29 is 13.5 Å². The van der Waals surface area contributed by atoms with Gasteiger partial charge in [-0.15, -0.1) is 0 Å². The molecule has 0 aliphatic carbocycles. The summed E-state index contributed by atoms with van der Waals surface area (Å²) >= 11 is 0. The summed E-state index contributed by atoms with van der Waals surface area (Å²) in [4.78, 5) is 2.29. The van der Waals surface area contributed by atoms with E-state index in [2.05, 4.69) is 24.1 Å². The van der Waals surface area contributed by atoms with Gasteiger partial charge >= 0.3 is 0 Å². The summed E-state index contributed by atoms with van der Waals surface area (Å²) in [6.07, 6.45) is -0.188. The van der Waals surface area contributed by atoms with Crippen molar-refractivity contribution in [3.8, 4) is 0 Å². The zero-order valence-corrected chi connectivity index (χ0v) is 12.2. The second kappa shape index (κ2) is 6.61. The average Bonchev–Trinajstić information content (AvgIpc) is 2.44. The van der Waals surface area contributed by atoms with E-state index >= 15 is 0 Å². The molecule has 5 heteroatoms. The zero-order valence-electron chi connectivity index (χ0n) is 12.2. The summed E-state index contributed by atoms with van der Waals surface area (Å²) in [5.74, 6) is -1.61. The highest BCUT2D eigenvalue weighted by atomic mass is 19.2. The second-order valence-corrected chi connectivity index (χ2v) is 5.41. The van der Waals surface area contributed by atoms with Gasteiger partial charge < -0.3 is 10.1 Å². The molecule has 112 valence electrons. The van der Waals surface area contributed by atoms with E-state index in [4.69, 9.17) is 4.74 Å². The SMILES string of the molecule is CNC(c1cccc(F)c1F)C1CN(C(C)C)CCO1. The van der Waals surface area contributed by atoms with Crippen LogP contribution >= 0.6 is 0 Å². The smallest absolute Gasteiger partial charge is 0.163 e. The Kier molecular flexibility index (Phi) is 5.07. The molecule has 0 bridgehead atoms. The van der Waals surface area contributed by atoms with Crippen molar-refractivity contribution >= 4 is 0 Å². The molecule has 1 heterocycles. The van der Waals surface area contributed by atoms with Crippen LogP contribution in [0.4, 0.5) is 8.78 Å². The van der Waals surface area contributed by atoms with Crippen LogP contribution in [0.5, 0.6) is 0 Å². The maximum atomic E-state index is 14.0. The third-order valence-electron chi connectivity index (χ3n) is 3.85. The van der Waals surface area contributed by atoms with Gasteiger partial charge in [-0.2, -0.15) is 0 Å². The van der Waals surface area contributed by atoms with Crippen molar-refractivity contribution in [1.82, 2.24) is 10.2 Å². The quantitative estimate of drug-likeness (QED) is 0.918. The molecular formula is C15H22F2N2O. The van der Waals surface area contributed by atoms with Crippen molar-refractivity contribution in [3.05, 3.63) is 35.4 Å². The molecule has 1 aromatic carbocycles. The molecule has 1 N–H and O–H groups in total. The number of morpholine rings is 1. The highest BCUT2D eigenvalue weighted by Crippen LogP contribution is 2.26. The van der Waals surface area contributed by atoms with E-state index in [1.165, 1.54) is 6.07 Å². The molecule has 3 nitrogen and oxygen atoms in total. The van der Waals surface area contributed by atoms with Crippen LogP contribution < -0.4 is 5.32 Å². The summed E-state index contributed by atoms with van der Waals surface area (Å²) < 4.78 is 33.1. The Balaban J connectivity index is 2.21. The number of rotatable bonds is 4. The standard InChI is InChI=1S/C15H22F2N2O/c1-10(2)19-7-8-20-13(9-19)15(18-3)11-5-4-6-12(16)14(11)17/h4-6,10,13,15,18H,7-9H2,1-3H3. The van der Waals surface area contributed by atoms with Gasteiger partial charge in [-0.25, -0.2) is 8.78 Å². The highest BCUT2D eigenvalue weighted by molar-refractivity contribution is 5.24. The molecule has 1 fully saturated rings. The Morgan fingerprint density at radius 1 is 1.35 bits per heavy atom. The van der Waals surface area contributed by atoms with Gasteiger partial charge in [0.05, 0.1) is 18.8 Å². The number of likely N-dealkylation sites (N-methyl/N-ethyl adjacent to an activating group) is 1. The summed E-state index contributed by atoms with van der Waals surface area (Å²) in [6, 6.07) is 4.33. The summed E-state index contributed by atoms with van der Waals surface area (Å²) in [6.45, 7) is 6.44. The molecule has 0 radical (unpaired) electrons. The molecule has 0 aromatic heterocycles. The molecular weight excluding hydrogens is 262 g/mol. The fourth-order valence-corrected chi connectivity index (χ4v) is 2.67. The summed E-state index contributed by atoms with van der Waals surface area (Å²) in [5, 5.41) is 3.06. The van der Waals surface area contributed by atoms with Gasteiger partial charge in [-0.1, -0.05) is 12.1 Å². The van der Waals surface area contributed by atoms with Crippen LogP contribution in [0.1, 0.15) is 25.5 Å². The number of nitrogens with one attached hydrogen (secondary N) is 1. The van der Waals surface area contributed by atoms with Gasteiger partial charge in [0.25, 0.3) is 0 Å². The molecule has 20 heavy (non-hydrogen) atoms. The lowest BCUT2D eigenvalue weighted by Crippen LogP contribution is -2.50. The number of hydrogen-bond donors (Lipinski definition) is 1. The van der Waals surface area contributed by atoms with E-state index in [9.17, 15) is 8.78 Å². The van der Waals surface area contributed by atoms with E-state index in [0.717, 1.165) is 12.6 Å². The fraction of sp³-hybridized carbons (Fsp3) is 0.600. The Labute approximate surface area is 118 Å². The number of ether oxygens (including phenoxy) is 1. The Bertz CT molecular complexity index is 453. The topological polar surface area (TPSA) is 24.5 Å². The number of benzene rings is 1. The van der Waals surface area contributed by atoms with Crippen LogP contribution in [0.25, 0.3) is 0 Å². The maximum absolute atomic E-state index is 14.0. The summed E-state index contributed by atoms with van der Waals surface area (Å²) in [7, 11) is 1.74. The molecule has 2 atom stereocenters. The van der Waals surface area contributed by atoms with Gasteiger partial charge in [0.15, 0.2) is 11.6 Å². The molecule has 2 unspecified atom stereocenters. The first-order chi connectivity index (χ1) is 9.54. The first kappa shape index (κ1) is 15.4. The Morgan fingerprint density at radius 2 is 2.10 bits per heavy atom. The lowest BCUT2D eigenvalue weighted by molar-refractivity contribution is -0.0555. The van der Waals surface area contributed by atoms with Crippen molar-refractivity contribution in [1.29, 1.82) is 0 Å². The minimum absolute atomic E-state index is 0.188. The Morgan fingerprint density at radius 3 is 2.75 bits per heavy atom. The molecule has 0 saturated carbocycles. The van der Waals surface area contributed by atoms with E-state index in [0.29, 0.717) is 24.8 Å². The summed E-state index contributed by atoms with van der Waals surface area (Å²) in [5.41, 5.74) is 0.322. The van der Waals surface area contributed by atoms with Crippen LogP contribution in [-0.2, 0) is 4.74 Å². The number of hydrogen-bond acceptors (Lipinski definition) is 3. The van der Waals surface area contributed by atoms with Crippen LogP contribution in [0.15, 0.2) is 18.2 Å². The third-order valence-corrected chi connectivity index (χ3v) is 3.85. The molecule has 1 saturated heterocycles. The largest absolute Gasteiger partial charge is 0.374 e.